The summed E-state index contributed by atoms with van der Waals surface area (Å²) in [7, 11) is 1.60. The van der Waals surface area contributed by atoms with Gasteiger partial charge in [0.25, 0.3) is 0 Å². The van der Waals surface area contributed by atoms with Gasteiger partial charge in [0.05, 0.1) is 18.5 Å². The second-order valence-corrected chi connectivity index (χ2v) is 8.63. The van der Waals surface area contributed by atoms with Crippen molar-refractivity contribution in [2.75, 3.05) is 7.11 Å². The molecule has 2 unspecified atom stereocenters. The Bertz CT molecular complexity index is 1180. The zero-order chi connectivity index (χ0) is 24.7. The van der Waals surface area contributed by atoms with Crippen LogP contribution in [-0.2, 0) is 0 Å². The fourth-order valence-electron chi connectivity index (χ4n) is 3.56. The van der Waals surface area contributed by atoms with Crippen molar-refractivity contribution in [2.45, 2.75) is 52.4 Å². The summed E-state index contributed by atoms with van der Waals surface area (Å²) >= 11 is 0. The van der Waals surface area contributed by atoms with E-state index in [0.29, 0.717) is 40.1 Å². The van der Waals surface area contributed by atoms with Gasteiger partial charge in [-0.15, -0.1) is 0 Å². The SMILES string of the molecule is CCC(C)c1ccc(O)c(C=Nc2ccc(OC)cc2N=Cc2cc(C(C)CC)ccc2O)c1. The van der Waals surface area contributed by atoms with E-state index < -0.39 is 0 Å². The maximum atomic E-state index is 10.3. The molecule has 0 amide bonds. The monoisotopic (exact) mass is 458 g/mol. The molecule has 0 radical (unpaired) electrons. The van der Waals surface area contributed by atoms with Crippen LogP contribution >= 0.6 is 0 Å². The van der Waals surface area contributed by atoms with E-state index in [1.807, 2.05) is 36.4 Å². The van der Waals surface area contributed by atoms with Crippen molar-refractivity contribution in [3.63, 3.8) is 0 Å². The maximum absolute atomic E-state index is 10.3. The molecule has 0 aromatic heterocycles. The minimum Gasteiger partial charge on any atom is -0.507 e. The van der Waals surface area contributed by atoms with Crippen LogP contribution in [0.15, 0.2) is 64.6 Å². The molecular formula is C29H34N2O3. The van der Waals surface area contributed by atoms with E-state index in [1.165, 1.54) is 0 Å². The first-order valence-corrected chi connectivity index (χ1v) is 11.8. The first kappa shape index (κ1) is 25.0. The van der Waals surface area contributed by atoms with Crippen LogP contribution in [0.25, 0.3) is 0 Å². The van der Waals surface area contributed by atoms with Gasteiger partial charge in [0.1, 0.15) is 17.2 Å². The third-order valence-electron chi connectivity index (χ3n) is 6.33. The second-order valence-electron chi connectivity index (χ2n) is 8.63. The lowest BCUT2D eigenvalue weighted by atomic mass is 9.97. The molecule has 0 bridgehead atoms. The summed E-state index contributed by atoms with van der Waals surface area (Å²) in [6, 6.07) is 16.7. The molecule has 3 rings (SSSR count). The number of benzene rings is 3. The van der Waals surface area contributed by atoms with Crippen molar-refractivity contribution >= 4 is 23.8 Å². The lowest BCUT2D eigenvalue weighted by Gasteiger charge is -2.11. The Kier molecular flexibility index (Phi) is 8.47. The van der Waals surface area contributed by atoms with E-state index in [2.05, 4.69) is 37.7 Å². The number of ether oxygens (including phenoxy) is 1. The van der Waals surface area contributed by atoms with Crippen molar-refractivity contribution < 1.29 is 14.9 Å². The highest BCUT2D eigenvalue weighted by molar-refractivity contribution is 5.90. The quantitative estimate of drug-likeness (QED) is 0.324. The number of rotatable bonds is 9. The number of phenols is 2. The van der Waals surface area contributed by atoms with Crippen molar-refractivity contribution in [3.05, 3.63) is 76.9 Å². The summed E-state index contributed by atoms with van der Waals surface area (Å²) in [5.41, 5.74) is 4.84. The lowest BCUT2D eigenvalue weighted by Crippen LogP contribution is -1.94. The van der Waals surface area contributed by atoms with Gasteiger partial charge in [-0.2, -0.15) is 0 Å². The molecule has 0 spiro atoms. The number of hydrogen-bond acceptors (Lipinski definition) is 5. The van der Waals surface area contributed by atoms with Crippen molar-refractivity contribution in [3.8, 4) is 17.2 Å². The number of methoxy groups -OCH3 is 1. The third kappa shape index (κ3) is 6.04. The van der Waals surface area contributed by atoms with Gasteiger partial charge in [0.15, 0.2) is 0 Å². The minimum absolute atomic E-state index is 0.176. The average Bonchev–Trinajstić information content (AvgIpc) is 2.86. The molecular weight excluding hydrogens is 424 g/mol. The predicted octanol–water partition coefficient (Wildman–Crippen LogP) is 7.63. The summed E-state index contributed by atoms with van der Waals surface area (Å²) < 4.78 is 5.37. The van der Waals surface area contributed by atoms with E-state index in [0.717, 1.165) is 24.0 Å². The highest BCUT2D eigenvalue weighted by Gasteiger charge is 2.09. The standard InChI is InChI=1S/C29H34N2O3/c1-6-19(3)21-8-12-28(32)23(14-21)17-30-26-11-10-25(34-5)16-27(26)31-18-24-15-22(20(4)7-2)9-13-29(24)33/h8-20,32-33H,6-7H2,1-5H3. The zero-order valence-corrected chi connectivity index (χ0v) is 20.6. The first-order valence-electron chi connectivity index (χ1n) is 11.8. The highest BCUT2D eigenvalue weighted by Crippen LogP contribution is 2.33. The molecule has 0 fully saturated rings. The molecule has 5 nitrogen and oxygen atoms in total. The summed E-state index contributed by atoms with van der Waals surface area (Å²) in [5.74, 6) is 1.80. The molecule has 34 heavy (non-hydrogen) atoms. The molecule has 3 aromatic carbocycles. The lowest BCUT2D eigenvalue weighted by molar-refractivity contribution is 0.415. The average molecular weight is 459 g/mol. The topological polar surface area (TPSA) is 74.4 Å². The highest BCUT2D eigenvalue weighted by atomic mass is 16.5. The van der Waals surface area contributed by atoms with Crippen molar-refractivity contribution in [1.82, 2.24) is 0 Å². The van der Waals surface area contributed by atoms with Crippen molar-refractivity contribution in [2.24, 2.45) is 9.98 Å². The van der Waals surface area contributed by atoms with Gasteiger partial charge >= 0.3 is 0 Å². The largest absolute Gasteiger partial charge is 0.507 e. The van der Waals surface area contributed by atoms with Crippen LogP contribution in [0.5, 0.6) is 17.2 Å². The first-order chi connectivity index (χ1) is 16.4. The number of aliphatic imine (C=N–C) groups is 2. The summed E-state index contributed by atoms with van der Waals surface area (Å²) in [4.78, 5) is 9.24. The van der Waals surface area contributed by atoms with Crippen LogP contribution in [-0.4, -0.2) is 29.8 Å². The van der Waals surface area contributed by atoms with E-state index in [9.17, 15) is 10.2 Å². The number of nitrogens with zero attached hydrogens (tertiary/aromatic N) is 2. The number of aromatic hydroxyl groups is 2. The zero-order valence-electron chi connectivity index (χ0n) is 20.6. The Morgan fingerprint density at radius 1 is 0.735 bits per heavy atom. The molecule has 2 atom stereocenters. The summed E-state index contributed by atoms with van der Waals surface area (Å²) in [6.45, 7) is 8.61. The van der Waals surface area contributed by atoms with Crippen molar-refractivity contribution in [1.29, 1.82) is 0 Å². The summed E-state index contributed by atoms with van der Waals surface area (Å²) in [6.07, 6.45) is 5.34. The molecule has 3 aromatic rings. The predicted molar refractivity (Wildman–Crippen MR) is 141 cm³/mol. The van der Waals surface area contributed by atoms with Gasteiger partial charge in [-0.1, -0.05) is 39.8 Å². The molecule has 2 N–H and O–H groups in total. The maximum Gasteiger partial charge on any atom is 0.124 e. The molecule has 0 aliphatic rings. The van der Waals surface area contributed by atoms with Crippen LogP contribution in [0.2, 0.25) is 0 Å². The number of hydrogen-bond donors (Lipinski definition) is 2. The van der Waals surface area contributed by atoms with Crippen LogP contribution in [0, 0.1) is 0 Å². The van der Waals surface area contributed by atoms with E-state index in [1.54, 1.807) is 37.7 Å². The Hall–Kier alpha value is -3.60. The van der Waals surface area contributed by atoms with Crippen LogP contribution in [0.4, 0.5) is 11.4 Å². The number of phenolic OH excluding ortho intramolecular Hbond substituents is 2. The van der Waals surface area contributed by atoms with Gasteiger partial charge in [0, 0.05) is 29.6 Å². The van der Waals surface area contributed by atoms with Gasteiger partial charge in [-0.05, 0) is 72.2 Å². The molecule has 0 aliphatic heterocycles. The van der Waals surface area contributed by atoms with Gasteiger partial charge in [-0.3, -0.25) is 9.98 Å². The van der Waals surface area contributed by atoms with Gasteiger partial charge in [0.2, 0.25) is 0 Å². The Balaban J connectivity index is 1.97. The molecule has 5 heteroatoms. The molecule has 0 aliphatic carbocycles. The fraction of sp³-hybridized carbons (Fsp3) is 0.310. The Morgan fingerprint density at radius 3 is 1.71 bits per heavy atom. The van der Waals surface area contributed by atoms with Crippen LogP contribution in [0.3, 0.4) is 0 Å². The van der Waals surface area contributed by atoms with Crippen LogP contribution < -0.4 is 4.74 Å². The summed E-state index contributed by atoms with van der Waals surface area (Å²) in [5, 5.41) is 20.7. The van der Waals surface area contributed by atoms with Gasteiger partial charge < -0.3 is 14.9 Å². The second kappa shape index (κ2) is 11.5. The molecule has 178 valence electrons. The van der Waals surface area contributed by atoms with E-state index in [-0.39, 0.29) is 11.5 Å². The molecule has 0 saturated heterocycles. The fourth-order valence-corrected chi connectivity index (χ4v) is 3.56. The van der Waals surface area contributed by atoms with E-state index in [4.69, 9.17) is 4.74 Å². The normalized spacial score (nSPS) is 13.4. The van der Waals surface area contributed by atoms with E-state index >= 15 is 0 Å². The molecule has 0 heterocycles. The minimum atomic E-state index is 0.176. The third-order valence-corrected chi connectivity index (χ3v) is 6.33. The van der Waals surface area contributed by atoms with Gasteiger partial charge in [-0.25, -0.2) is 0 Å². The smallest absolute Gasteiger partial charge is 0.124 e. The Morgan fingerprint density at radius 2 is 1.24 bits per heavy atom. The Labute approximate surface area is 202 Å². The van der Waals surface area contributed by atoms with Crippen LogP contribution in [0.1, 0.15) is 74.6 Å². The molecule has 0 saturated carbocycles.